The summed E-state index contributed by atoms with van der Waals surface area (Å²) in [5.74, 6) is 0.522. The predicted octanol–water partition coefficient (Wildman–Crippen LogP) is 2.85. The van der Waals surface area contributed by atoms with Crippen LogP contribution in [-0.4, -0.2) is 3.71 Å². The number of benzene rings is 3. The third kappa shape index (κ3) is 8.75. The molecule has 0 heterocycles. The van der Waals surface area contributed by atoms with Gasteiger partial charge in [0.1, 0.15) is 0 Å². The molecule has 4 aromatic carbocycles. The summed E-state index contributed by atoms with van der Waals surface area (Å²) in [5.41, 5.74) is 4.54. The van der Waals surface area contributed by atoms with Gasteiger partial charge in [0.05, 0.1) is 0 Å². The van der Waals surface area contributed by atoms with E-state index in [1.54, 1.807) is 0 Å². The minimum Gasteiger partial charge on any atom is -0.126 e. The molecule has 4 aromatic rings. The van der Waals surface area contributed by atoms with E-state index in [4.69, 9.17) is 0 Å². The van der Waals surface area contributed by atoms with Crippen molar-refractivity contribution in [1.82, 2.24) is 0 Å². The molecule has 5 rings (SSSR count). The van der Waals surface area contributed by atoms with Crippen LogP contribution in [0.15, 0.2) is 102 Å². The van der Waals surface area contributed by atoms with Crippen molar-refractivity contribution in [2.24, 2.45) is 11.3 Å². The van der Waals surface area contributed by atoms with Crippen molar-refractivity contribution in [3.05, 3.63) is 114 Å². The van der Waals surface area contributed by atoms with E-state index in [2.05, 4.69) is 129 Å². The average molecular weight is 581 g/mol. The molecular formula is C32H34Cl2Zr-2. The number of halogens is 2. The normalized spacial score (nSPS) is 14.3. The summed E-state index contributed by atoms with van der Waals surface area (Å²) in [6.45, 7) is 11.2. The molecule has 0 bridgehead atoms. The third-order valence-corrected chi connectivity index (χ3v) is 6.61. The van der Waals surface area contributed by atoms with Crippen LogP contribution in [0, 0.1) is 17.4 Å². The van der Waals surface area contributed by atoms with Crippen molar-refractivity contribution in [3.63, 3.8) is 0 Å². The monoisotopic (exact) mass is 578 g/mol. The predicted molar refractivity (Wildman–Crippen MR) is 142 cm³/mol. The molecule has 35 heavy (non-hydrogen) atoms. The van der Waals surface area contributed by atoms with Crippen LogP contribution in [0.1, 0.15) is 46.6 Å². The molecule has 1 aliphatic rings. The van der Waals surface area contributed by atoms with Crippen LogP contribution in [0.25, 0.3) is 21.5 Å². The van der Waals surface area contributed by atoms with Crippen LogP contribution < -0.4 is 24.8 Å². The standard InChI is InChI=1S/C13H9.C12H19.C7H6.2ClH.Zr/c1-3-7-12-10(5-1)9-11-6-2-4-8-13(11)12;1-6-10-7-9(2)8-11(10)12(3,4)5;1-7-5-3-2-4-6-7;;;/h1-9H;8-9H,6H2,1-5H3;1-6H;2*1H;/q2*-1;;;;+2/p-2. The number of allylic oxidation sites excluding steroid dienone is 4. The Labute approximate surface area is 239 Å². The zero-order valence-corrected chi connectivity index (χ0v) is 25.2. The second-order valence-electron chi connectivity index (χ2n) is 9.47. The maximum absolute atomic E-state index is 3.48. The summed E-state index contributed by atoms with van der Waals surface area (Å²) in [7, 11) is 0. The van der Waals surface area contributed by atoms with Crippen molar-refractivity contribution in [3.8, 4) is 0 Å². The summed E-state index contributed by atoms with van der Waals surface area (Å²) < 4.78 is 2.17. The average Bonchev–Trinajstić information content (AvgIpc) is 3.40. The third-order valence-electron chi connectivity index (χ3n) is 5.79. The summed E-state index contributed by atoms with van der Waals surface area (Å²) in [5, 5.41) is 5.39. The maximum atomic E-state index is 3.48. The molecule has 1 aliphatic carbocycles. The fourth-order valence-corrected chi connectivity index (χ4v) is 4.67. The molecule has 0 N–H and O–H groups in total. The van der Waals surface area contributed by atoms with Crippen LogP contribution in [0.3, 0.4) is 0 Å². The summed E-state index contributed by atoms with van der Waals surface area (Å²) in [6, 6.07) is 29.6. The van der Waals surface area contributed by atoms with E-state index in [1.165, 1.54) is 62.5 Å². The molecule has 0 saturated heterocycles. The van der Waals surface area contributed by atoms with E-state index in [9.17, 15) is 0 Å². The van der Waals surface area contributed by atoms with E-state index >= 15 is 0 Å². The Kier molecular flexibility index (Phi) is 13.3. The number of rotatable bonds is 2. The van der Waals surface area contributed by atoms with Gasteiger partial charge < -0.3 is 24.8 Å². The Morgan fingerprint density at radius 3 is 1.71 bits per heavy atom. The van der Waals surface area contributed by atoms with Gasteiger partial charge in [-0.15, -0.1) is 39.7 Å². The van der Waals surface area contributed by atoms with Crippen molar-refractivity contribution >= 4 is 25.3 Å². The molecule has 1 atom stereocenters. The van der Waals surface area contributed by atoms with Crippen LogP contribution >= 0.6 is 0 Å². The van der Waals surface area contributed by atoms with Gasteiger partial charge in [-0.1, -0.05) is 88.8 Å². The Morgan fingerprint density at radius 2 is 1.31 bits per heavy atom. The van der Waals surface area contributed by atoms with Crippen LogP contribution in [-0.2, 0) is 24.2 Å². The van der Waals surface area contributed by atoms with Gasteiger partial charge in [-0.2, -0.15) is 11.6 Å². The summed E-state index contributed by atoms with van der Waals surface area (Å²) in [6.07, 6.45) is 6.95. The molecule has 182 valence electrons. The zero-order chi connectivity index (χ0) is 23.8. The van der Waals surface area contributed by atoms with Gasteiger partial charge in [0.2, 0.25) is 0 Å². The quantitative estimate of drug-likeness (QED) is 0.320. The molecule has 3 heteroatoms. The first-order valence-corrected chi connectivity index (χ1v) is 13.2. The summed E-state index contributed by atoms with van der Waals surface area (Å²) in [4.78, 5) is 0. The van der Waals surface area contributed by atoms with Gasteiger partial charge in [-0.3, -0.25) is 6.08 Å². The van der Waals surface area contributed by atoms with Crippen LogP contribution in [0.5, 0.6) is 0 Å². The van der Waals surface area contributed by atoms with E-state index < -0.39 is 0 Å². The fraction of sp³-hybridized carbons (Fsp3) is 0.250. The number of fused-ring (bicyclic) bond motifs is 3. The van der Waals surface area contributed by atoms with Gasteiger partial charge in [-0.25, -0.2) is 5.57 Å². The Hall–Kier alpha value is -1.66. The van der Waals surface area contributed by atoms with Crippen LogP contribution in [0.2, 0.25) is 0 Å². The minimum atomic E-state index is 0. The maximum Gasteiger partial charge on any atom is -0.0771 e. The second-order valence-corrected chi connectivity index (χ2v) is 10.2. The molecule has 0 aromatic heterocycles. The second kappa shape index (κ2) is 14.8. The molecule has 1 unspecified atom stereocenters. The van der Waals surface area contributed by atoms with Gasteiger partial charge in [-0.05, 0) is 0 Å². The Bertz CT molecular complexity index is 1210. The Balaban J connectivity index is 0.000000262. The molecule has 0 aliphatic heterocycles. The molecule has 0 saturated carbocycles. The first-order chi connectivity index (χ1) is 15.8. The van der Waals surface area contributed by atoms with Gasteiger partial charge in [0.25, 0.3) is 0 Å². The number of hydrogen-bond acceptors (Lipinski definition) is 0. The van der Waals surface area contributed by atoms with Crippen molar-refractivity contribution in [2.45, 2.75) is 41.0 Å². The number of hydrogen-bond donors (Lipinski definition) is 0. The summed E-state index contributed by atoms with van der Waals surface area (Å²) >= 11 is 1.46. The van der Waals surface area contributed by atoms with Crippen molar-refractivity contribution in [1.29, 1.82) is 0 Å². The molecule has 0 radical (unpaired) electrons. The zero-order valence-electron chi connectivity index (χ0n) is 21.3. The molecular weight excluding hydrogens is 546 g/mol. The van der Waals surface area contributed by atoms with Crippen molar-refractivity contribution < 1.29 is 49.0 Å². The molecule has 0 spiro atoms. The topological polar surface area (TPSA) is 0 Å². The van der Waals surface area contributed by atoms with Crippen molar-refractivity contribution in [2.75, 3.05) is 0 Å². The molecule has 0 fully saturated rings. The van der Waals surface area contributed by atoms with Gasteiger partial charge >= 0.3 is 63.8 Å². The first kappa shape index (κ1) is 31.4. The fourth-order valence-electron chi connectivity index (χ4n) is 4.19. The molecule has 0 amide bonds. The smallest absolute Gasteiger partial charge is 0.0771 e. The minimum absolute atomic E-state index is 0. The van der Waals surface area contributed by atoms with Gasteiger partial charge in [0, 0.05) is 0 Å². The first-order valence-electron chi connectivity index (χ1n) is 11.8. The Morgan fingerprint density at radius 1 is 0.829 bits per heavy atom. The van der Waals surface area contributed by atoms with E-state index in [0.29, 0.717) is 11.3 Å². The van der Waals surface area contributed by atoms with E-state index in [1.807, 2.05) is 6.07 Å². The van der Waals surface area contributed by atoms with Gasteiger partial charge in [0.15, 0.2) is 0 Å². The SMILES string of the molecule is CCC1=[C-]C(C)C=C1C(C)(C)C.[Cl-].[Cl-].[Zr+2]=[CH]c1ccccc1.c1ccc2c(c1)[cH-]c1ccccc12. The van der Waals surface area contributed by atoms with E-state index in [-0.39, 0.29) is 24.8 Å². The van der Waals surface area contributed by atoms with Crippen LogP contribution in [0.4, 0.5) is 0 Å². The molecule has 0 nitrogen and oxygen atoms in total. The van der Waals surface area contributed by atoms with E-state index in [0.717, 1.165) is 6.42 Å². The largest absolute Gasteiger partial charge is 0.126 e.